The van der Waals surface area contributed by atoms with Crippen LogP contribution in [-0.4, -0.2) is 23.9 Å². The SMILES string of the molecule is CCCN(CC)C(=O)c1ccc(Cl)cc1N. The summed E-state index contributed by atoms with van der Waals surface area (Å²) in [6.07, 6.45) is 0.938. The van der Waals surface area contributed by atoms with Crippen molar-refractivity contribution in [3.05, 3.63) is 28.8 Å². The Balaban J connectivity index is 2.94. The predicted molar refractivity (Wildman–Crippen MR) is 67.7 cm³/mol. The molecule has 1 aromatic carbocycles. The Morgan fingerprint density at radius 1 is 1.44 bits per heavy atom. The molecule has 0 radical (unpaired) electrons. The lowest BCUT2D eigenvalue weighted by molar-refractivity contribution is 0.0765. The molecule has 88 valence electrons. The van der Waals surface area contributed by atoms with Gasteiger partial charge in [-0.25, -0.2) is 0 Å². The van der Waals surface area contributed by atoms with Gasteiger partial charge in [-0.15, -0.1) is 0 Å². The summed E-state index contributed by atoms with van der Waals surface area (Å²) in [7, 11) is 0. The van der Waals surface area contributed by atoms with Crippen molar-refractivity contribution in [2.24, 2.45) is 0 Å². The number of halogens is 1. The minimum atomic E-state index is -0.0292. The van der Waals surface area contributed by atoms with Crippen molar-refractivity contribution in [1.82, 2.24) is 4.90 Å². The number of anilines is 1. The number of carbonyl (C=O) groups is 1. The summed E-state index contributed by atoms with van der Waals surface area (Å²) in [4.78, 5) is 13.9. The Kier molecular flexibility index (Phi) is 4.62. The summed E-state index contributed by atoms with van der Waals surface area (Å²) in [6, 6.07) is 4.97. The van der Waals surface area contributed by atoms with Gasteiger partial charge in [-0.05, 0) is 31.5 Å². The van der Waals surface area contributed by atoms with Gasteiger partial charge < -0.3 is 10.6 Å². The van der Waals surface area contributed by atoms with Crippen molar-refractivity contribution >= 4 is 23.2 Å². The van der Waals surface area contributed by atoms with Crippen LogP contribution in [-0.2, 0) is 0 Å². The lowest BCUT2D eigenvalue weighted by Gasteiger charge is -2.20. The van der Waals surface area contributed by atoms with E-state index in [1.165, 1.54) is 0 Å². The molecule has 1 rings (SSSR count). The van der Waals surface area contributed by atoms with Crippen LogP contribution in [0, 0.1) is 0 Å². The fourth-order valence-corrected chi connectivity index (χ4v) is 1.75. The maximum atomic E-state index is 12.1. The van der Waals surface area contributed by atoms with Gasteiger partial charge in [-0.2, -0.15) is 0 Å². The largest absolute Gasteiger partial charge is 0.398 e. The quantitative estimate of drug-likeness (QED) is 0.823. The zero-order chi connectivity index (χ0) is 12.1. The van der Waals surface area contributed by atoms with Crippen molar-refractivity contribution in [2.75, 3.05) is 18.8 Å². The highest BCUT2D eigenvalue weighted by Gasteiger charge is 2.15. The monoisotopic (exact) mass is 240 g/mol. The molecule has 0 aliphatic rings. The fourth-order valence-electron chi connectivity index (χ4n) is 1.57. The number of hydrogen-bond donors (Lipinski definition) is 1. The molecule has 16 heavy (non-hydrogen) atoms. The van der Waals surface area contributed by atoms with Gasteiger partial charge in [0, 0.05) is 23.8 Å². The number of carbonyl (C=O) groups excluding carboxylic acids is 1. The maximum Gasteiger partial charge on any atom is 0.255 e. The molecule has 4 heteroatoms. The van der Waals surface area contributed by atoms with Gasteiger partial charge >= 0.3 is 0 Å². The first kappa shape index (κ1) is 12.8. The number of nitrogens with two attached hydrogens (primary N) is 1. The van der Waals surface area contributed by atoms with Gasteiger partial charge in [0.05, 0.1) is 5.56 Å². The van der Waals surface area contributed by atoms with Crippen molar-refractivity contribution in [3.8, 4) is 0 Å². The van der Waals surface area contributed by atoms with E-state index in [9.17, 15) is 4.79 Å². The maximum absolute atomic E-state index is 12.1. The van der Waals surface area contributed by atoms with E-state index in [-0.39, 0.29) is 5.91 Å². The molecule has 0 heterocycles. The molecule has 0 saturated heterocycles. The average Bonchev–Trinajstić information content (AvgIpc) is 2.25. The predicted octanol–water partition coefficient (Wildman–Crippen LogP) is 2.79. The molecular formula is C12H17ClN2O. The third-order valence-electron chi connectivity index (χ3n) is 2.41. The summed E-state index contributed by atoms with van der Waals surface area (Å²) >= 11 is 5.79. The molecule has 2 N–H and O–H groups in total. The second-order valence-corrected chi connectivity index (χ2v) is 4.05. The zero-order valence-electron chi connectivity index (χ0n) is 9.66. The van der Waals surface area contributed by atoms with Gasteiger partial charge in [-0.1, -0.05) is 18.5 Å². The third-order valence-corrected chi connectivity index (χ3v) is 2.64. The minimum Gasteiger partial charge on any atom is -0.398 e. The van der Waals surface area contributed by atoms with Crippen LogP contribution in [0.15, 0.2) is 18.2 Å². The first-order valence-corrected chi connectivity index (χ1v) is 5.82. The molecule has 0 saturated carbocycles. The molecule has 0 fully saturated rings. The summed E-state index contributed by atoms with van der Waals surface area (Å²) < 4.78 is 0. The van der Waals surface area contributed by atoms with E-state index >= 15 is 0 Å². The van der Waals surface area contributed by atoms with Crippen molar-refractivity contribution in [2.45, 2.75) is 20.3 Å². The van der Waals surface area contributed by atoms with Crippen LogP contribution in [0.3, 0.4) is 0 Å². The molecule has 0 spiro atoms. The Morgan fingerprint density at radius 2 is 2.12 bits per heavy atom. The van der Waals surface area contributed by atoms with Crippen molar-refractivity contribution in [1.29, 1.82) is 0 Å². The number of benzene rings is 1. The molecule has 0 atom stereocenters. The molecule has 1 aromatic rings. The van der Waals surface area contributed by atoms with Crippen LogP contribution >= 0.6 is 11.6 Å². The Bertz CT molecular complexity index is 379. The van der Waals surface area contributed by atoms with Gasteiger partial charge in [0.15, 0.2) is 0 Å². The van der Waals surface area contributed by atoms with Crippen molar-refractivity contribution in [3.63, 3.8) is 0 Å². The Morgan fingerprint density at radius 3 is 2.62 bits per heavy atom. The highest BCUT2D eigenvalue weighted by atomic mass is 35.5. The smallest absolute Gasteiger partial charge is 0.255 e. The lowest BCUT2D eigenvalue weighted by Crippen LogP contribution is -2.32. The molecule has 3 nitrogen and oxygen atoms in total. The van der Waals surface area contributed by atoms with Crippen LogP contribution in [0.25, 0.3) is 0 Å². The summed E-state index contributed by atoms with van der Waals surface area (Å²) in [6.45, 7) is 5.44. The van der Waals surface area contributed by atoms with E-state index in [0.29, 0.717) is 22.8 Å². The minimum absolute atomic E-state index is 0.0292. The third kappa shape index (κ3) is 2.89. The molecule has 0 unspecified atom stereocenters. The van der Waals surface area contributed by atoms with Crippen molar-refractivity contribution < 1.29 is 4.79 Å². The molecule has 1 amide bonds. The first-order valence-electron chi connectivity index (χ1n) is 5.44. The van der Waals surface area contributed by atoms with Crippen LogP contribution in [0.2, 0.25) is 5.02 Å². The number of amides is 1. The van der Waals surface area contributed by atoms with Crippen LogP contribution in [0.5, 0.6) is 0 Å². The molecule has 0 bridgehead atoms. The van der Waals surface area contributed by atoms with E-state index < -0.39 is 0 Å². The second kappa shape index (κ2) is 5.75. The first-order chi connectivity index (χ1) is 7.60. The van der Waals surface area contributed by atoms with Gasteiger partial charge in [0.2, 0.25) is 0 Å². The van der Waals surface area contributed by atoms with Gasteiger partial charge in [-0.3, -0.25) is 4.79 Å². The molecular weight excluding hydrogens is 224 g/mol. The summed E-state index contributed by atoms with van der Waals surface area (Å²) in [5.41, 5.74) is 6.74. The van der Waals surface area contributed by atoms with Crippen LogP contribution in [0.4, 0.5) is 5.69 Å². The number of hydrogen-bond acceptors (Lipinski definition) is 2. The van der Waals surface area contributed by atoms with E-state index in [2.05, 4.69) is 0 Å². The fraction of sp³-hybridized carbons (Fsp3) is 0.417. The summed E-state index contributed by atoms with van der Waals surface area (Å²) in [5.74, 6) is -0.0292. The summed E-state index contributed by atoms with van der Waals surface area (Å²) in [5, 5.41) is 0.549. The molecule has 0 aliphatic heterocycles. The van der Waals surface area contributed by atoms with Gasteiger partial charge in [0.25, 0.3) is 5.91 Å². The standard InChI is InChI=1S/C12H17ClN2O/c1-3-7-15(4-2)12(16)10-6-5-9(13)8-11(10)14/h5-6,8H,3-4,7,14H2,1-2H3. The highest BCUT2D eigenvalue weighted by molar-refractivity contribution is 6.31. The number of nitrogen functional groups attached to an aromatic ring is 1. The highest BCUT2D eigenvalue weighted by Crippen LogP contribution is 2.19. The van der Waals surface area contributed by atoms with E-state index in [0.717, 1.165) is 13.0 Å². The second-order valence-electron chi connectivity index (χ2n) is 3.62. The van der Waals surface area contributed by atoms with Crippen LogP contribution in [0.1, 0.15) is 30.6 Å². The van der Waals surface area contributed by atoms with Crippen LogP contribution < -0.4 is 5.73 Å². The number of nitrogens with zero attached hydrogens (tertiary/aromatic N) is 1. The normalized spacial score (nSPS) is 10.2. The Labute approximate surface area is 101 Å². The molecule has 0 aromatic heterocycles. The average molecular weight is 241 g/mol. The lowest BCUT2D eigenvalue weighted by atomic mass is 10.1. The zero-order valence-corrected chi connectivity index (χ0v) is 10.4. The van der Waals surface area contributed by atoms with E-state index in [1.54, 1.807) is 23.1 Å². The number of rotatable bonds is 4. The van der Waals surface area contributed by atoms with Gasteiger partial charge in [0.1, 0.15) is 0 Å². The topological polar surface area (TPSA) is 46.3 Å². The molecule has 0 aliphatic carbocycles. The Hall–Kier alpha value is -1.22. The van der Waals surface area contributed by atoms with E-state index in [4.69, 9.17) is 17.3 Å². The van der Waals surface area contributed by atoms with E-state index in [1.807, 2.05) is 13.8 Å².